The van der Waals surface area contributed by atoms with Gasteiger partial charge in [-0.05, 0) is 177 Å². The molecule has 1 aromatic rings. The maximum atomic E-state index is 13.1. The lowest BCUT2D eigenvalue weighted by Gasteiger charge is -2.61. The monoisotopic (exact) mass is 1010 g/mol. The number of carbonyl (C=O) groups excluding carboxylic acids is 1. The summed E-state index contributed by atoms with van der Waals surface area (Å²) in [5.41, 5.74) is 4.63. The van der Waals surface area contributed by atoms with Gasteiger partial charge in [-0.1, -0.05) is 84.0 Å². The van der Waals surface area contributed by atoms with Crippen molar-refractivity contribution in [1.29, 1.82) is 0 Å². The number of aliphatic hydroxyl groups is 6. The van der Waals surface area contributed by atoms with E-state index < -0.39 is 41.9 Å². The van der Waals surface area contributed by atoms with E-state index in [1.165, 1.54) is 16.7 Å². The fourth-order valence-electron chi connectivity index (χ4n) is 14.2. The van der Waals surface area contributed by atoms with E-state index in [2.05, 4.69) is 90.4 Å². The molecule has 1 aromatic carbocycles. The molecule has 0 saturated heterocycles. The number of aldehydes is 1. The average molecular weight is 1020 g/mol. The van der Waals surface area contributed by atoms with Crippen molar-refractivity contribution in [1.82, 2.24) is 21.3 Å². The number of hydrogen-bond donors (Lipinski definition) is 10. The molecule has 1 aliphatic heterocycles. The minimum absolute atomic E-state index is 0.0630. The zero-order valence-electron chi connectivity index (χ0n) is 45.2. The molecule has 4 bridgehead atoms. The summed E-state index contributed by atoms with van der Waals surface area (Å²) in [7, 11) is 5.71. The van der Waals surface area contributed by atoms with Crippen LogP contribution in [0.1, 0.15) is 96.1 Å². The van der Waals surface area contributed by atoms with Crippen molar-refractivity contribution >= 4 is 6.29 Å². The highest BCUT2D eigenvalue weighted by atomic mass is 16.5. The van der Waals surface area contributed by atoms with Gasteiger partial charge in [-0.3, -0.25) is 4.79 Å². The summed E-state index contributed by atoms with van der Waals surface area (Å²) in [6.45, 7) is 13.5. The second kappa shape index (κ2) is 27.8. The number of benzene rings is 1. The molecule has 73 heavy (non-hydrogen) atoms. The minimum atomic E-state index is -1.28. The Morgan fingerprint density at radius 2 is 1.88 bits per heavy atom. The van der Waals surface area contributed by atoms with Gasteiger partial charge in [0.05, 0.1) is 37.6 Å². The molecule has 10 N–H and O–H groups in total. The highest BCUT2D eigenvalue weighted by Gasteiger charge is 2.68. The van der Waals surface area contributed by atoms with Crippen LogP contribution in [0.4, 0.5) is 0 Å². The van der Waals surface area contributed by atoms with E-state index in [0.29, 0.717) is 75.3 Å². The summed E-state index contributed by atoms with van der Waals surface area (Å²) in [6.07, 6.45) is 19.9. The van der Waals surface area contributed by atoms with Gasteiger partial charge in [0.15, 0.2) is 0 Å². The summed E-state index contributed by atoms with van der Waals surface area (Å²) >= 11 is 0. The molecule has 6 rings (SSSR count). The van der Waals surface area contributed by atoms with E-state index in [-0.39, 0.29) is 49.0 Å². The molecule has 3 fully saturated rings. The van der Waals surface area contributed by atoms with Crippen LogP contribution in [0.25, 0.3) is 0 Å². The molecule has 13 nitrogen and oxygen atoms in total. The van der Waals surface area contributed by atoms with Gasteiger partial charge in [-0.25, -0.2) is 0 Å². The van der Waals surface area contributed by atoms with Gasteiger partial charge in [-0.15, -0.1) is 0 Å². The second-order valence-corrected chi connectivity index (χ2v) is 22.8. The number of fused-ring (bicyclic) bond motifs is 5. The first-order chi connectivity index (χ1) is 35.1. The van der Waals surface area contributed by atoms with Crippen LogP contribution in [-0.4, -0.2) is 153 Å². The quantitative estimate of drug-likeness (QED) is 0.0277. The maximum Gasteiger partial charge on any atom is 0.145 e. The van der Waals surface area contributed by atoms with E-state index in [1.54, 1.807) is 7.11 Å². The Labute approximate surface area is 437 Å². The summed E-state index contributed by atoms with van der Waals surface area (Å²) in [6, 6.07) is 9.39. The van der Waals surface area contributed by atoms with Crippen LogP contribution in [0.15, 0.2) is 95.2 Å². The third kappa shape index (κ3) is 14.1. The molecule has 1 spiro atoms. The van der Waals surface area contributed by atoms with Gasteiger partial charge < -0.3 is 61.4 Å². The van der Waals surface area contributed by atoms with E-state index in [9.17, 15) is 35.4 Å². The van der Waals surface area contributed by atoms with E-state index in [0.717, 1.165) is 81.0 Å². The number of aliphatic hydroxyl groups excluding tert-OH is 5. The molecule has 0 amide bonds. The van der Waals surface area contributed by atoms with Crippen molar-refractivity contribution in [2.24, 2.45) is 46.8 Å². The third-order valence-electron chi connectivity index (χ3n) is 17.9. The number of allylic oxidation sites excluding steroid dienone is 9. The zero-order chi connectivity index (χ0) is 52.8. The van der Waals surface area contributed by atoms with Crippen LogP contribution in [-0.2, 0) is 27.1 Å². The van der Waals surface area contributed by atoms with Gasteiger partial charge in [0.2, 0.25) is 0 Å². The SMILES string of the molecule is C=C(/C=C/C=C(/COC[C@H](O)CO)[C@@H]1CC[C@]2([C@@H]1O)[C@@H]1C(=C(C)C=O)[C@@H](C=C[C@H]1CCO)C[C@]2(O)CCNC)[C@@H]1C/C=C(\C)CN[C@@](CCOC)([C@@H]2C[C@H](NC[C@H](C)O)CC[C@H]2CNC)Cc2cccc(c2)C1. The molecule has 408 valence electrons. The molecule has 0 unspecified atom stereocenters. The number of hydrogen-bond acceptors (Lipinski definition) is 13. The standard InChI is InChI=1S/C60H94N4O9/c1-40-14-15-47(29-44-11-9-12-45(28-44)31-58(64-33-40,24-27-72-7)54-30-51(63-34-43(4)68)19-18-49(54)35-62-6)41(2)10-8-13-50(38-73-39-52(69)37-67)53-20-22-60(57(53)70)56-46(21-26-65)16-17-48(55(56)42(3)36-66)32-59(60,71)23-25-61-5/h8-14,16-17,28,36,43,46-49,51-54,56-57,61-65,67-71H,2,15,18-27,29-35,37-39H2,1,3-7H3/b10-8+,40-14+,50-13-,55-42?/t43-,46-,47+,48-,49-,51+,52+,53-,54+,56-,57+,58+,59+,60+/m0/s1. The topological polar surface area (TPSA) is 205 Å². The molecule has 4 aliphatic carbocycles. The lowest BCUT2D eigenvalue weighted by Crippen LogP contribution is -2.65. The normalized spacial score (nSPS) is 35.3. The fraction of sp³-hybridized carbons (Fsp3) is 0.683. The average Bonchev–Trinajstić information content (AvgIpc) is 3.73. The summed E-state index contributed by atoms with van der Waals surface area (Å²) < 4.78 is 11.9. The lowest BCUT2D eigenvalue weighted by molar-refractivity contribution is -0.194. The molecule has 1 heterocycles. The zero-order valence-corrected chi connectivity index (χ0v) is 45.2. The van der Waals surface area contributed by atoms with Crippen molar-refractivity contribution < 1.29 is 44.9 Å². The lowest BCUT2D eigenvalue weighted by atomic mass is 9.45. The van der Waals surface area contributed by atoms with Gasteiger partial charge >= 0.3 is 0 Å². The van der Waals surface area contributed by atoms with Crippen LogP contribution in [0.3, 0.4) is 0 Å². The predicted molar refractivity (Wildman–Crippen MR) is 291 cm³/mol. The third-order valence-corrected chi connectivity index (χ3v) is 17.9. The van der Waals surface area contributed by atoms with E-state index >= 15 is 0 Å². The number of ether oxygens (including phenoxy) is 2. The van der Waals surface area contributed by atoms with Crippen molar-refractivity contribution in [3.63, 3.8) is 0 Å². The van der Waals surface area contributed by atoms with Gasteiger partial charge in [0, 0.05) is 62.2 Å². The summed E-state index contributed by atoms with van der Waals surface area (Å²) in [5.74, 6) is -0.196. The molecule has 5 aliphatic rings. The minimum Gasteiger partial charge on any atom is -0.396 e. The fourth-order valence-corrected chi connectivity index (χ4v) is 14.2. The summed E-state index contributed by atoms with van der Waals surface area (Å²) in [4.78, 5) is 12.5. The summed E-state index contributed by atoms with van der Waals surface area (Å²) in [5, 5.41) is 81.2. The Morgan fingerprint density at radius 1 is 1.08 bits per heavy atom. The highest BCUT2D eigenvalue weighted by Crippen LogP contribution is 2.67. The number of rotatable bonds is 24. The molecule has 0 aromatic heterocycles. The van der Waals surface area contributed by atoms with E-state index in [1.807, 2.05) is 33.0 Å². The van der Waals surface area contributed by atoms with Gasteiger partial charge in [0.25, 0.3) is 0 Å². The molecule has 3 saturated carbocycles. The van der Waals surface area contributed by atoms with Crippen LogP contribution in [0.2, 0.25) is 0 Å². The number of methoxy groups -OCH3 is 1. The van der Waals surface area contributed by atoms with Crippen LogP contribution in [0, 0.1) is 46.8 Å². The smallest absolute Gasteiger partial charge is 0.145 e. The molecular formula is C60H94N4O9. The molecule has 14 atom stereocenters. The second-order valence-electron chi connectivity index (χ2n) is 22.8. The molecular weight excluding hydrogens is 921 g/mol. The first kappa shape index (κ1) is 59.1. The largest absolute Gasteiger partial charge is 0.396 e. The molecule has 13 heteroatoms. The van der Waals surface area contributed by atoms with Crippen LogP contribution >= 0.6 is 0 Å². The number of carbonyl (C=O) groups is 1. The van der Waals surface area contributed by atoms with Crippen molar-refractivity contribution in [3.05, 3.63) is 106 Å². The number of nitrogens with one attached hydrogen (secondary N) is 4. The highest BCUT2D eigenvalue weighted by molar-refractivity contribution is 5.74. The van der Waals surface area contributed by atoms with Crippen molar-refractivity contribution in [2.45, 2.75) is 133 Å². The van der Waals surface area contributed by atoms with Gasteiger partial charge in [0.1, 0.15) is 12.4 Å². The maximum absolute atomic E-state index is 13.1. The Kier molecular flexibility index (Phi) is 22.5. The Hall–Kier alpha value is -3.15. The molecule has 0 radical (unpaired) electrons. The van der Waals surface area contributed by atoms with Crippen molar-refractivity contribution in [3.8, 4) is 0 Å². The Balaban J connectivity index is 1.31. The van der Waals surface area contributed by atoms with Crippen LogP contribution in [0.5, 0.6) is 0 Å². The first-order valence-corrected chi connectivity index (χ1v) is 27.6. The Morgan fingerprint density at radius 3 is 2.59 bits per heavy atom. The predicted octanol–water partition coefficient (Wildman–Crippen LogP) is 5.30. The van der Waals surface area contributed by atoms with E-state index in [4.69, 9.17) is 9.47 Å². The van der Waals surface area contributed by atoms with Gasteiger partial charge in [-0.2, -0.15) is 0 Å². The van der Waals surface area contributed by atoms with Crippen LogP contribution < -0.4 is 21.3 Å². The first-order valence-electron chi connectivity index (χ1n) is 27.6. The van der Waals surface area contributed by atoms with Crippen molar-refractivity contribution in [2.75, 3.05) is 80.4 Å². The Bertz CT molecular complexity index is 2100.